The predicted molar refractivity (Wildman–Crippen MR) is 61.8 cm³/mol. The van der Waals surface area contributed by atoms with Crippen LogP contribution in [0.1, 0.15) is 10.4 Å². The Balaban J connectivity index is 3.63. The number of benzene rings is 1. The summed E-state index contributed by atoms with van der Waals surface area (Å²) in [6, 6.07) is 2.50. The number of carboxylic acids is 1. The summed E-state index contributed by atoms with van der Waals surface area (Å²) in [6.45, 7) is 0. The van der Waals surface area contributed by atoms with E-state index in [2.05, 4.69) is 31.9 Å². The lowest BCUT2D eigenvalue weighted by atomic mass is 10.2. The highest BCUT2D eigenvalue weighted by Gasteiger charge is 2.21. The SMILES string of the molecule is O=C(O)c1cc(Br)cc(S(=O)(=O)Cl)c1Br. The quantitative estimate of drug-likeness (QED) is 0.804. The Morgan fingerprint density at radius 2 is 1.87 bits per heavy atom. The Hall–Kier alpha value is -0.110. The zero-order valence-electron chi connectivity index (χ0n) is 6.87. The Labute approximate surface area is 107 Å². The first-order chi connectivity index (χ1) is 6.73. The number of hydrogen-bond acceptors (Lipinski definition) is 3. The summed E-state index contributed by atoms with van der Waals surface area (Å²) in [5, 5.41) is 8.79. The second-order valence-corrected chi connectivity index (χ2v) is 6.75. The smallest absolute Gasteiger partial charge is 0.336 e. The van der Waals surface area contributed by atoms with Gasteiger partial charge in [0.05, 0.1) is 14.9 Å². The molecule has 4 nitrogen and oxygen atoms in total. The van der Waals surface area contributed by atoms with Crippen LogP contribution in [-0.2, 0) is 9.05 Å². The largest absolute Gasteiger partial charge is 0.478 e. The van der Waals surface area contributed by atoms with Crippen molar-refractivity contribution in [3.05, 3.63) is 26.6 Å². The summed E-state index contributed by atoms with van der Waals surface area (Å²) in [7, 11) is 1.16. The fourth-order valence-corrected chi connectivity index (χ4v) is 3.78. The average Bonchev–Trinajstić information content (AvgIpc) is 2.06. The minimum Gasteiger partial charge on any atom is -0.478 e. The van der Waals surface area contributed by atoms with Gasteiger partial charge in [-0.2, -0.15) is 0 Å². The molecular formula is C7H3Br2ClO4S. The van der Waals surface area contributed by atoms with E-state index in [4.69, 9.17) is 15.8 Å². The maximum absolute atomic E-state index is 11.1. The van der Waals surface area contributed by atoms with Gasteiger partial charge >= 0.3 is 5.97 Å². The van der Waals surface area contributed by atoms with Crippen LogP contribution in [0.2, 0.25) is 0 Å². The lowest BCUT2D eigenvalue weighted by Gasteiger charge is -2.05. The first-order valence-corrected chi connectivity index (χ1v) is 7.30. The monoisotopic (exact) mass is 376 g/mol. The third kappa shape index (κ3) is 2.93. The fraction of sp³-hybridized carbons (Fsp3) is 0. The molecule has 0 radical (unpaired) electrons. The van der Waals surface area contributed by atoms with Crippen molar-refractivity contribution in [3.8, 4) is 0 Å². The average molecular weight is 378 g/mol. The molecular weight excluding hydrogens is 375 g/mol. The van der Waals surface area contributed by atoms with Gasteiger partial charge in [0.2, 0.25) is 0 Å². The molecule has 1 N–H and O–H groups in total. The number of carbonyl (C=O) groups is 1. The zero-order chi connectivity index (χ0) is 11.8. The lowest BCUT2D eigenvalue weighted by Crippen LogP contribution is -2.02. The second-order valence-electron chi connectivity index (χ2n) is 2.51. The number of hydrogen-bond donors (Lipinski definition) is 1. The van der Waals surface area contributed by atoms with Crippen molar-refractivity contribution >= 4 is 57.6 Å². The molecule has 0 spiro atoms. The third-order valence-corrected chi connectivity index (χ3v) is 4.42. The van der Waals surface area contributed by atoms with Gasteiger partial charge in [0.1, 0.15) is 0 Å². The van der Waals surface area contributed by atoms with E-state index in [9.17, 15) is 13.2 Å². The number of halogens is 3. The van der Waals surface area contributed by atoms with Gasteiger partial charge in [0, 0.05) is 15.2 Å². The van der Waals surface area contributed by atoms with E-state index in [-0.39, 0.29) is 14.9 Å². The van der Waals surface area contributed by atoms with E-state index in [0.717, 1.165) is 0 Å². The molecule has 1 aromatic carbocycles. The van der Waals surface area contributed by atoms with Crippen LogP contribution in [0.5, 0.6) is 0 Å². The van der Waals surface area contributed by atoms with Crippen LogP contribution in [0.25, 0.3) is 0 Å². The van der Waals surface area contributed by atoms with Crippen LogP contribution in [0.4, 0.5) is 0 Å². The molecule has 0 aromatic heterocycles. The third-order valence-electron chi connectivity index (χ3n) is 1.50. The maximum Gasteiger partial charge on any atom is 0.336 e. The molecule has 0 unspecified atom stereocenters. The Kier molecular flexibility index (Phi) is 3.80. The highest BCUT2D eigenvalue weighted by molar-refractivity contribution is 9.11. The Bertz CT molecular complexity index is 526. The van der Waals surface area contributed by atoms with Crippen molar-refractivity contribution in [1.29, 1.82) is 0 Å². The number of carboxylic acid groups (broad SMARTS) is 1. The molecule has 0 saturated carbocycles. The Morgan fingerprint density at radius 1 is 1.33 bits per heavy atom. The van der Waals surface area contributed by atoms with Gasteiger partial charge in [-0.15, -0.1) is 0 Å². The molecule has 0 aliphatic carbocycles. The van der Waals surface area contributed by atoms with Crippen LogP contribution in [0.3, 0.4) is 0 Å². The highest BCUT2D eigenvalue weighted by Crippen LogP contribution is 2.31. The van der Waals surface area contributed by atoms with Crippen LogP contribution >= 0.6 is 42.5 Å². The molecule has 0 aliphatic heterocycles. The summed E-state index contributed by atoms with van der Waals surface area (Å²) in [5.41, 5.74) is -0.177. The molecule has 0 saturated heterocycles. The van der Waals surface area contributed by atoms with E-state index < -0.39 is 15.0 Å². The molecule has 0 bridgehead atoms. The number of rotatable bonds is 2. The topological polar surface area (TPSA) is 71.4 Å². The minimum absolute atomic E-state index is 0.0619. The summed E-state index contributed by atoms with van der Waals surface area (Å²) >= 11 is 5.89. The molecule has 15 heavy (non-hydrogen) atoms. The first kappa shape index (κ1) is 13.0. The van der Waals surface area contributed by atoms with E-state index in [0.29, 0.717) is 4.47 Å². The van der Waals surface area contributed by atoms with E-state index >= 15 is 0 Å². The molecule has 0 heterocycles. The summed E-state index contributed by atoms with van der Waals surface area (Å²) in [5.74, 6) is -1.25. The van der Waals surface area contributed by atoms with Crippen molar-refractivity contribution in [2.45, 2.75) is 4.90 Å². The molecule has 1 rings (SSSR count). The van der Waals surface area contributed by atoms with Gasteiger partial charge in [-0.1, -0.05) is 15.9 Å². The highest BCUT2D eigenvalue weighted by atomic mass is 79.9. The van der Waals surface area contributed by atoms with Crippen LogP contribution in [-0.4, -0.2) is 19.5 Å². The molecule has 1 aromatic rings. The van der Waals surface area contributed by atoms with Crippen molar-refractivity contribution in [2.75, 3.05) is 0 Å². The Morgan fingerprint density at radius 3 is 2.27 bits per heavy atom. The summed E-state index contributed by atoms with van der Waals surface area (Å²) in [4.78, 5) is 10.5. The lowest BCUT2D eigenvalue weighted by molar-refractivity contribution is 0.0695. The van der Waals surface area contributed by atoms with Gasteiger partial charge in [0.15, 0.2) is 0 Å². The van der Waals surface area contributed by atoms with E-state index in [1.807, 2.05) is 0 Å². The fourth-order valence-electron chi connectivity index (χ4n) is 0.897. The van der Waals surface area contributed by atoms with Gasteiger partial charge < -0.3 is 5.11 Å². The molecule has 0 fully saturated rings. The first-order valence-electron chi connectivity index (χ1n) is 3.40. The maximum atomic E-state index is 11.1. The minimum atomic E-state index is -3.98. The molecule has 8 heteroatoms. The molecule has 0 amide bonds. The zero-order valence-corrected chi connectivity index (χ0v) is 11.6. The van der Waals surface area contributed by atoms with Crippen molar-refractivity contribution in [1.82, 2.24) is 0 Å². The van der Waals surface area contributed by atoms with Gasteiger partial charge in [-0.3, -0.25) is 0 Å². The predicted octanol–water partition coefficient (Wildman–Crippen LogP) is 2.84. The van der Waals surface area contributed by atoms with Crippen LogP contribution in [0.15, 0.2) is 26.0 Å². The van der Waals surface area contributed by atoms with E-state index in [1.165, 1.54) is 12.1 Å². The summed E-state index contributed by atoms with van der Waals surface area (Å²) in [6.07, 6.45) is 0. The normalized spacial score (nSPS) is 11.4. The van der Waals surface area contributed by atoms with Crippen LogP contribution < -0.4 is 0 Å². The molecule has 0 atom stereocenters. The van der Waals surface area contributed by atoms with Gasteiger partial charge in [0.25, 0.3) is 9.05 Å². The van der Waals surface area contributed by atoms with Crippen LogP contribution in [0, 0.1) is 0 Å². The van der Waals surface area contributed by atoms with Gasteiger partial charge in [-0.05, 0) is 28.1 Å². The number of aromatic carboxylic acids is 1. The molecule has 0 aliphatic rings. The van der Waals surface area contributed by atoms with Gasteiger partial charge in [-0.25, -0.2) is 13.2 Å². The summed E-state index contributed by atoms with van der Waals surface area (Å²) < 4.78 is 22.5. The second kappa shape index (κ2) is 4.40. The molecule has 82 valence electrons. The van der Waals surface area contributed by atoms with Crippen molar-refractivity contribution in [2.24, 2.45) is 0 Å². The van der Waals surface area contributed by atoms with Crippen molar-refractivity contribution in [3.63, 3.8) is 0 Å². The standard InChI is InChI=1S/C7H3Br2ClO4S/c8-3-1-4(7(11)12)6(9)5(2-3)15(10,13)14/h1-2H,(H,11,12). The van der Waals surface area contributed by atoms with E-state index in [1.54, 1.807) is 0 Å². The van der Waals surface area contributed by atoms with Crippen molar-refractivity contribution < 1.29 is 18.3 Å².